The van der Waals surface area contributed by atoms with E-state index < -0.39 is 0 Å². The van der Waals surface area contributed by atoms with Gasteiger partial charge in [-0.1, -0.05) is 23.2 Å². The molecule has 0 bridgehead atoms. The predicted octanol–water partition coefficient (Wildman–Crippen LogP) is 2.86. The first-order valence-electron chi connectivity index (χ1n) is 5.99. The summed E-state index contributed by atoms with van der Waals surface area (Å²) in [6.07, 6.45) is 3.50. The number of aryl methyl sites for hydroxylation is 2. The van der Waals surface area contributed by atoms with Gasteiger partial charge in [-0.3, -0.25) is 16.0 Å². The Hall–Kier alpha value is -1.07. The van der Waals surface area contributed by atoms with Crippen molar-refractivity contribution in [2.24, 2.45) is 12.9 Å². The topological polar surface area (TPSA) is 55.9 Å². The van der Waals surface area contributed by atoms with Crippen LogP contribution in [0.4, 0.5) is 0 Å². The lowest BCUT2D eigenvalue weighted by molar-refractivity contribution is 0.507. The minimum atomic E-state index is 0.00565. The van der Waals surface area contributed by atoms with Crippen LogP contribution in [0.25, 0.3) is 0 Å². The van der Waals surface area contributed by atoms with E-state index in [2.05, 4.69) is 10.5 Å². The Morgan fingerprint density at radius 3 is 2.53 bits per heavy atom. The number of hydrogen-bond donors (Lipinski definition) is 2. The maximum Gasteiger partial charge on any atom is 0.0492 e. The van der Waals surface area contributed by atoms with Crippen molar-refractivity contribution in [1.82, 2.24) is 15.2 Å². The highest BCUT2D eigenvalue weighted by molar-refractivity contribution is 6.34. The van der Waals surface area contributed by atoms with Gasteiger partial charge in [0.25, 0.3) is 0 Å². The van der Waals surface area contributed by atoms with E-state index in [-0.39, 0.29) is 6.04 Å². The number of rotatable bonds is 5. The minimum Gasteiger partial charge on any atom is -0.273 e. The molecule has 2 aromatic rings. The first-order chi connectivity index (χ1) is 9.10. The number of nitrogens with two attached hydrogens (primary N) is 1. The Morgan fingerprint density at radius 2 is 2.00 bits per heavy atom. The van der Waals surface area contributed by atoms with E-state index in [0.29, 0.717) is 10.0 Å². The second-order valence-corrected chi connectivity index (χ2v) is 5.28. The molecule has 0 aliphatic heterocycles. The first-order valence-corrected chi connectivity index (χ1v) is 6.74. The van der Waals surface area contributed by atoms with Crippen LogP contribution < -0.4 is 11.3 Å². The van der Waals surface area contributed by atoms with Crippen molar-refractivity contribution in [1.29, 1.82) is 0 Å². The van der Waals surface area contributed by atoms with Crippen molar-refractivity contribution in [3.63, 3.8) is 0 Å². The van der Waals surface area contributed by atoms with E-state index in [0.717, 1.165) is 24.1 Å². The first kappa shape index (κ1) is 14.3. The van der Waals surface area contributed by atoms with Gasteiger partial charge < -0.3 is 0 Å². The molecular formula is C13H16Cl2N4. The second-order valence-electron chi connectivity index (χ2n) is 4.41. The monoisotopic (exact) mass is 298 g/mol. The van der Waals surface area contributed by atoms with E-state index in [4.69, 9.17) is 29.0 Å². The van der Waals surface area contributed by atoms with E-state index in [1.807, 2.05) is 29.9 Å². The van der Waals surface area contributed by atoms with Gasteiger partial charge in [0.2, 0.25) is 0 Å². The van der Waals surface area contributed by atoms with Gasteiger partial charge in [-0.05, 0) is 42.7 Å². The standard InChI is InChI=1S/C13H16Cl2N4/c1-19-12(4-5-17-19)2-3-13(18-16)9-6-10(14)8-11(15)7-9/h4-8,13,18H,2-3,16H2,1H3. The van der Waals surface area contributed by atoms with Crippen LogP contribution in [0.1, 0.15) is 23.7 Å². The van der Waals surface area contributed by atoms with Gasteiger partial charge in [-0.15, -0.1) is 0 Å². The number of benzene rings is 1. The van der Waals surface area contributed by atoms with Crippen molar-refractivity contribution < 1.29 is 0 Å². The van der Waals surface area contributed by atoms with Crippen LogP contribution in [-0.4, -0.2) is 9.78 Å². The van der Waals surface area contributed by atoms with Gasteiger partial charge in [0.05, 0.1) is 0 Å². The molecular weight excluding hydrogens is 283 g/mol. The van der Waals surface area contributed by atoms with Crippen LogP contribution in [-0.2, 0) is 13.5 Å². The molecule has 0 saturated carbocycles. The average Bonchev–Trinajstić information content (AvgIpc) is 2.75. The lowest BCUT2D eigenvalue weighted by Crippen LogP contribution is -2.28. The highest BCUT2D eigenvalue weighted by atomic mass is 35.5. The molecule has 0 radical (unpaired) electrons. The van der Waals surface area contributed by atoms with Gasteiger partial charge in [0, 0.05) is 35.0 Å². The van der Waals surface area contributed by atoms with Crippen molar-refractivity contribution in [2.45, 2.75) is 18.9 Å². The summed E-state index contributed by atoms with van der Waals surface area (Å²) >= 11 is 12.0. The summed E-state index contributed by atoms with van der Waals surface area (Å²) in [6.45, 7) is 0. The van der Waals surface area contributed by atoms with Gasteiger partial charge in [0.1, 0.15) is 0 Å². The Bertz CT molecular complexity index is 533. The third-order valence-electron chi connectivity index (χ3n) is 3.10. The SMILES string of the molecule is Cn1nccc1CCC(NN)c1cc(Cl)cc(Cl)c1. The van der Waals surface area contributed by atoms with E-state index in [1.165, 1.54) is 0 Å². The molecule has 1 heterocycles. The number of aromatic nitrogens is 2. The van der Waals surface area contributed by atoms with Crippen molar-refractivity contribution in [2.75, 3.05) is 0 Å². The van der Waals surface area contributed by atoms with Crippen molar-refractivity contribution >= 4 is 23.2 Å². The van der Waals surface area contributed by atoms with Gasteiger partial charge >= 0.3 is 0 Å². The van der Waals surface area contributed by atoms with E-state index >= 15 is 0 Å². The molecule has 3 N–H and O–H groups in total. The Morgan fingerprint density at radius 1 is 1.32 bits per heavy atom. The molecule has 19 heavy (non-hydrogen) atoms. The van der Waals surface area contributed by atoms with E-state index in [9.17, 15) is 0 Å². The molecule has 4 nitrogen and oxygen atoms in total. The fourth-order valence-electron chi connectivity index (χ4n) is 2.06. The normalized spacial score (nSPS) is 12.6. The molecule has 0 saturated heterocycles. The summed E-state index contributed by atoms with van der Waals surface area (Å²) in [6, 6.07) is 7.47. The van der Waals surface area contributed by atoms with Gasteiger partial charge in [-0.2, -0.15) is 5.10 Å². The third-order valence-corrected chi connectivity index (χ3v) is 3.54. The van der Waals surface area contributed by atoms with E-state index in [1.54, 1.807) is 12.3 Å². The summed E-state index contributed by atoms with van der Waals surface area (Å²) in [5.74, 6) is 5.62. The van der Waals surface area contributed by atoms with Crippen LogP contribution in [0.15, 0.2) is 30.5 Å². The summed E-state index contributed by atoms with van der Waals surface area (Å²) in [7, 11) is 1.93. The largest absolute Gasteiger partial charge is 0.273 e. The molecule has 102 valence electrons. The lowest BCUT2D eigenvalue weighted by atomic mass is 10.0. The van der Waals surface area contributed by atoms with Gasteiger partial charge in [-0.25, -0.2) is 0 Å². The number of halogens is 2. The number of nitrogens with zero attached hydrogens (tertiary/aromatic N) is 2. The molecule has 0 amide bonds. The molecule has 0 aliphatic carbocycles. The highest BCUT2D eigenvalue weighted by Crippen LogP contribution is 2.25. The Balaban J connectivity index is 2.09. The zero-order valence-electron chi connectivity index (χ0n) is 10.6. The summed E-state index contributed by atoms with van der Waals surface area (Å²) in [5.41, 5.74) is 4.96. The zero-order chi connectivity index (χ0) is 13.8. The molecule has 1 atom stereocenters. The quantitative estimate of drug-likeness (QED) is 0.659. The second kappa shape index (κ2) is 6.39. The molecule has 0 spiro atoms. The molecule has 0 aliphatic rings. The summed E-state index contributed by atoms with van der Waals surface area (Å²) < 4.78 is 1.86. The lowest BCUT2D eigenvalue weighted by Gasteiger charge is -2.17. The number of hydrogen-bond acceptors (Lipinski definition) is 3. The molecule has 0 fully saturated rings. The zero-order valence-corrected chi connectivity index (χ0v) is 12.1. The smallest absolute Gasteiger partial charge is 0.0492 e. The number of hydrazine groups is 1. The van der Waals surface area contributed by atoms with Crippen LogP contribution in [0.3, 0.4) is 0 Å². The van der Waals surface area contributed by atoms with Crippen LogP contribution in [0.5, 0.6) is 0 Å². The summed E-state index contributed by atoms with van der Waals surface area (Å²) in [5, 5.41) is 5.37. The maximum atomic E-state index is 6.01. The molecule has 1 aromatic carbocycles. The van der Waals surface area contributed by atoms with Crippen molar-refractivity contribution in [3.05, 3.63) is 51.8 Å². The molecule has 6 heteroatoms. The third kappa shape index (κ3) is 3.70. The maximum absolute atomic E-state index is 6.01. The van der Waals surface area contributed by atoms with Gasteiger partial charge in [0.15, 0.2) is 0 Å². The predicted molar refractivity (Wildman–Crippen MR) is 78.1 cm³/mol. The Kier molecular flexibility index (Phi) is 4.82. The number of nitrogens with one attached hydrogen (secondary N) is 1. The fraction of sp³-hybridized carbons (Fsp3) is 0.308. The molecule has 1 aromatic heterocycles. The molecule has 2 rings (SSSR count). The Labute approximate surface area is 122 Å². The fourth-order valence-corrected chi connectivity index (χ4v) is 2.60. The highest BCUT2D eigenvalue weighted by Gasteiger charge is 2.12. The van der Waals surface area contributed by atoms with Crippen LogP contribution >= 0.6 is 23.2 Å². The van der Waals surface area contributed by atoms with Crippen LogP contribution in [0, 0.1) is 0 Å². The minimum absolute atomic E-state index is 0.00565. The average molecular weight is 299 g/mol. The van der Waals surface area contributed by atoms with Crippen molar-refractivity contribution in [3.8, 4) is 0 Å². The van der Waals surface area contributed by atoms with Crippen LogP contribution in [0.2, 0.25) is 10.0 Å². The molecule has 1 unspecified atom stereocenters. The summed E-state index contributed by atoms with van der Waals surface area (Å²) in [4.78, 5) is 0.